The van der Waals surface area contributed by atoms with E-state index >= 15 is 0 Å². The van der Waals surface area contributed by atoms with Gasteiger partial charge in [-0.3, -0.25) is 4.90 Å². The van der Waals surface area contributed by atoms with Crippen molar-refractivity contribution >= 4 is 10.8 Å². The third-order valence-electron chi connectivity index (χ3n) is 5.66. The molecule has 0 radical (unpaired) electrons. The Morgan fingerprint density at radius 2 is 1.82 bits per heavy atom. The van der Waals surface area contributed by atoms with E-state index in [4.69, 9.17) is 9.40 Å². The van der Waals surface area contributed by atoms with Crippen LogP contribution in [0.5, 0.6) is 0 Å². The molecule has 0 saturated carbocycles. The van der Waals surface area contributed by atoms with Crippen molar-refractivity contribution in [2.45, 2.75) is 31.9 Å². The fourth-order valence-electron chi connectivity index (χ4n) is 4.11. The molecule has 0 bridgehead atoms. The first-order valence-corrected chi connectivity index (χ1v) is 9.97. The number of rotatable bonds is 5. The molecule has 1 aliphatic heterocycles. The van der Waals surface area contributed by atoms with Gasteiger partial charge in [0.25, 0.3) is 0 Å². The Bertz CT molecular complexity index is 955. The molecule has 0 spiro atoms. The van der Waals surface area contributed by atoms with Crippen LogP contribution in [0.1, 0.15) is 24.3 Å². The number of aryl methyl sites for hydroxylation is 1. The van der Waals surface area contributed by atoms with Gasteiger partial charge in [-0.2, -0.15) is 0 Å². The summed E-state index contributed by atoms with van der Waals surface area (Å²) in [6.45, 7) is 5.22. The van der Waals surface area contributed by atoms with Gasteiger partial charge in [0, 0.05) is 31.7 Å². The number of hydrogen-bond acceptors (Lipinski definition) is 5. The van der Waals surface area contributed by atoms with E-state index in [1.165, 1.54) is 10.8 Å². The van der Waals surface area contributed by atoms with Gasteiger partial charge in [-0.05, 0) is 56.8 Å². The van der Waals surface area contributed by atoms with Gasteiger partial charge in [0.15, 0.2) is 0 Å². The van der Waals surface area contributed by atoms with Gasteiger partial charge in [0.1, 0.15) is 5.76 Å². The van der Waals surface area contributed by atoms with Gasteiger partial charge < -0.3 is 14.4 Å². The van der Waals surface area contributed by atoms with Crippen molar-refractivity contribution in [2.24, 2.45) is 0 Å². The summed E-state index contributed by atoms with van der Waals surface area (Å²) >= 11 is 0. The molecule has 1 fully saturated rings. The number of nitrogens with zero attached hydrogens (tertiary/aromatic N) is 3. The summed E-state index contributed by atoms with van der Waals surface area (Å²) < 4.78 is 5.99. The van der Waals surface area contributed by atoms with Crippen molar-refractivity contribution in [3.63, 3.8) is 0 Å². The van der Waals surface area contributed by atoms with Crippen LogP contribution >= 0.6 is 0 Å². The Hall–Kier alpha value is -2.21. The molecular formula is C23H29N3O2. The zero-order chi connectivity index (χ0) is 19.7. The zero-order valence-corrected chi connectivity index (χ0v) is 17.0. The molecule has 1 aromatic heterocycles. The van der Waals surface area contributed by atoms with E-state index < -0.39 is 5.60 Å². The normalized spacial score (nSPS) is 17.5. The first kappa shape index (κ1) is 19.1. The van der Waals surface area contributed by atoms with E-state index in [1.54, 1.807) is 0 Å². The van der Waals surface area contributed by atoms with E-state index in [2.05, 4.69) is 40.1 Å². The monoisotopic (exact) mass is 379 g/mol. The second kappa shape index (κ2) is 7.66. The number of piperidine rings is 1. The van der Waals surface area contributed by atoms with E-state index in [9.17, 15) is 5.11 Å². The highest BCUT2D eigenvalue weighted by atomic mass is 16.4. The maximum absolute atomic E-state index is 10.7. The molecule has 1 saturated heterocycles. The lowest BCUT2D eigenvalue weighted by Crippen LogP contribution is -2.49. The summed E-state index contributed by atoms with van der Waals surface area (Å²) in [6.07, 6.45) is 1.58. The molecule has 5 nitrogen and oxygen atoms in total. The van der Waals surface area contributed by atoms with Crippen molar-refractivity contribution in [3.8, 4) is 11.5 Å². The summed E-state index contributed by atoms with van der Waals surface area (Å²) in [5, 5.41) is 13.1. The molecule has 1 aliphatic rings. The molecule has 0 aliphatic carbocycles. The number of hydrogen-bond donors (Lipinski definition) is 1. The molecule has 0 amide bonds. The van der Waals surface area contributed by atoms with E-state index in [0.29, 0.717) is 5.89 Å². The Kier molecular flexibility index (Phi) is 5.23. The van der Waals surface area contributed by atoms with Crippen LogP contribution in [0, 0.1) is 6.92 Å². The quantitative estimate of drug-likeness (QED) is 0.733. The average molecular weight is 380 g/mol. The topological polar surface area (TPSA) is 52.7 Å². The number of likely N-dealkylation sites (tertiary alicyclic amines) is 1. The van der Waals surface area contributed by atoms with Crippen LogP contribution in [0.2, 0.25) is 0 Å². The Morgan fingerprint density at radius 1 is 1.11 bits per heavy atom. The number of oxazole rings is 1. The lowest BCUT2D eigenvalue weighted by Gasteiger charge is -2.39. The van der Waals surface area contributed by atoms with Gasteiger partial charge >= 0.3 is 0 Å². The zero-order valence-electron chi connectivity index (χ0n) is 17.0. The molecule has 0 unspecified atom stereocenters. The van der Waals surface area contributed by atoms with Crippen LogP contribution in [0.4, 0.5) is 0 Å². The van der Waals surface area contributed by atoms with Crippen molar-refractivity contribution in [1.29, 1.82) is 0 Å². The number of aromatic nitrogens is 1. The summed E-state index contributed by atoms with van der Waals surface area (Å²) in [6, 6.07) is 14.6. The van der Waals surface area contributed by atoms with Crippen molar-refractivity contribution in [3.05, 3.63) is 53.9 Å². The predicted molar refractivity (Wildman–Crippen MR) is 112 cm³/mol. The molecule has 1 N–H and O–H groups in total. The molecular weight excluding hydrogens is 350 g/mol. The van der Waals surface area contributed by atoms with E-state index in [-0.39, 0.29) is 0 Å². The molecule has 3 aromatic rings. The summed E-state index contributed by atoms with van der Waals surface area (Å²) in [5.74, 6) is 1.55. The van der Waals surface area contributed by atoms with Gasteiger partial charge in [0.05, 0.1) is 11.3 Å². The maximum Gasteiger partial charge on any atom is 0.226 e. The van der Waals surface area contributed by atoms with Crippen LogP contribution in [0.15, 0.2) is 46.9 Å². The highest BCUT2D eigenvalue weighted by Gasteiger charge is 2.33. The fraction of sp³-hybridized carbons (Fsp3) is 0.435. The standard InChI is InChI=1S/C23H29N3O2/c1-17-21(15-26-12-10-23(27,11-13-26)16-25(2)3)24-22(28-17)20-9-8-18-6-4-5-7-19(18)14-20/h4-9,14,27H,10-13,15-16H2,1-3H3. The number of aliphatic hydroxyl groups is 1. The second-order valence-electron chi connectivity index (χ2n) is 8.32. The average Bonchev–Trinajstić information content (AvgIpc) is 3.03. The molecule has 2 heterocycles. The minimum atomic E-state index is -0.574. The Morgan fingerprint density at radius 3 is 2.54 bits per heavy atom. The molecule has 2 aromatic carbocycles. The van der Waals surface area contributed by atoms with Crippen LogP contribution in [0.3, 0.4) is 0 Å². The smallest absolute Gasteiger partial charge is 0.226 e. The summed E-state index contributed by atoms with van der Waals surface area (Å²) in [5.41, 5.74) is 1.42. The third-order valence-corrected chi connectivity index (χ3v) is 5.66. The summed E-state index contributed by atoms with van der Waals surface area (Å²) in [4.78, 5) is 9.21. The first-order valence-electron chi connectivity index (χ1n) is 9.97. The number of fused-ring (bicyclic) bond motifs is 1. The highest BCUT2D eigenvalue weighted by molar-refractivity contribution is 5.86. The number of benzene rings is 2. The predicted octanol–water partition coefficient (Wildman–Crippen LogP) is 3.69. The molecule has 0 atom stereocenters. The molecule has 28 heavy (non-hydrogen) atoms. The van der Waals surface area contributed by atoms with Crippen LogP contribution in [-0.2, 0) is 6.54 Å². The van der Waals surface area contributed by atoms with Gasteiger partial charge in [0.2, 0.25) is 5.89 Å². The van der Waals surface area contributed by atoms with Crippen LogP contribution in [0.25, 0.3) is 22.2 Å². The highest BCUT2D eigenvalue weighted by Crippen LogP contribution is 2.28. The Labute approximate surface area is 166 Å². The largest absolute Gasteiger partial charge is 0.441 e. The van der Waals surface area contributed by atoms with Gasteiger partial charge in [-0.25, -0.2) is 4.98 Å². The fourth-order valence-corrected chi connectivity index (χ4v) is 4.11. The minimum absolute atomic E-state index is 0.574. The number of likely N-dealkylation sites (N-methyl/N-ethyl adjacent to an activating group) is 1. The van der Waals surface area contributed by atoms with Crippen molar-refractivity contribution < 1.29 is 9.52 Å². The van der Waals surface area contributed by atoms with Crippen LogP contribution in [-0.4, -0.2) is 59.2 Å². The van der Waals surface area contributed by atoms with Gasteiger partial charge in [-0.15, -0.1) is 0 Å². The van der Waals surface area contributed by atoms with Gasteiger partial charge in [-0.1, -0.05) is 30.3 Å². The molecule has 148 valence electrons. The molecule has 5 heteroatoms. The second-order valence-corrected chi connectivity index (χ2v) is 8.32. The minimum Gasteiger partial charge on any atom is -0.441 e. The SMILES string of the molecule is Cc1oc(-c2ccc3ccccc3c2)nc1CN1CCC(O)(CN(C)C)CC1. The lowest BCUT2D eigenvalue weighted by molar-refractivity contribution is -0.0390. The Balaban J connectivity index is 1.46. The van der Waals surface area contributed by atoms with Crippen LogP contribution < -0.4 is 0 Å². The molecule has 4 rings (SSSR count). The first-order chi connectivity index (χ1) is 13.4. The van der Waals surface area contributed by atoms with Crippen molar-refractivity contribution in [1.82, 2.24) is 14.8 Å². The summed E-state index contributed by atoms with van der Waals surface area (Å²) in [7, 11) is 4.02. The maximum atomic E-state index is 10.7. The third kappa shape index (κ3) is 4.12. The van der Waals surface area contributed by atoms with Crippen molar-refractivity contribution in [2.75, 3.05) is 33.7 Å². The van der Waals surface area contributed by atoms with E-state index in [0.717, 1.165) is 56.0 Å². The lowest BCUT2D eigenvalue weighted by atomic mass is 9.91. The van der Waals surface area contributed by atoms with E-state index in [1.807, 2.05) is 33.2 Å².